The summed E-state index contributed by atoms with van der Waals surface area (Å²) < 4.78 is 23.1. The number of aromatic carboxylic acids is 1. The average Bonchev–Trinajstić information content (AvgIpc) is 2.25. The summed E-state index contributed by atoms with van der Waals surface area (Å²) in [5.74, 6) is -1.23. The number of sulfone groups is 1. The zero-order valence-corrected chi connectivity index (χ0v) is 11.1. The van der Waals surface area contributed by atoms with Crippen molar-refractivity contribution in [2.45, 2.75) is 11.8 Å². The van der Waals surface area contributed by atoms with Crippen LogP contribution in [0.15, 0.2) is 22.2 Å². The number of oxime groups is 1. The third-order valence-electron chi connectivity index (χ3n) is 2.35. The second kappa shape index (κ2) is 4.95. The monoisotopic (exact) mass is 291 g/mol. The predicted molar refractivity (Wildman–Crippen MR) is 65.4 cm³/mol. The summed E-state index contributed by atoms with van der Waals surface area (Å²) >= 11 is 5.63. The molecule has 8 heteroatoms. The lowest BCUT2D eigenvalue weighted by Gasteiger charge is -2.11. The zero-order valence-electron chi connectivity index (χ0n) is 9.51. The molecule has 0 spiro atoms. The molecule has 2 N–H and O–H groups in total. The number of halogens is 1. The van der Waals surface area contributed by atoms with Gasteiger partial charge >= 0.3 is 5.97 Å². The van der Waals surface area contributed by atoms with Gasteiger partial charge in [-0.05, 0) is 24.6 Å². The fourth-order valence-electron chi connectivity index (χ4n) is 1.53. The highest BCUT2D eigenvalue weighted by Gasteiger charge is 2.22. The van der Waals surface area contributed by atoms with Gasteiger partial charge in [0.05, 0.1) is 10.5 Å². The van der Waals surface area contributed by atoms with E-state index in [1.54, 1.807) is 0 Å². The smallest absolute Gasteiger partial charge is 0.335 e. The second-order valence-corrected chi connectivity index (χ2v) is 5.92. The maximum Gasteiger partial charge on any atom is 0.335 e. The predicted octanol–water partition coefficient (Wildman–Crippen LogP) is 1.47. The van der Waals surface area contributed by atoms with E-state index in [0.717, 1.165) is 12.3 Å². The van der Waals surface area contributed by atoms with Gasteiger partial charge in [-0.1, -0.05) is 16.8 Å². The number of carbonyl (C=O) groups is 1. The van der Waals surface area contributed by atoms with Crippen molar-refractivity contribution in [1.82, 2.24) is 0 Å². The fourth-order valence-corrected chi connectivity index (χ4v) is 2.77. The number of benzene rings is 1. The molecule has 1 aromatic carbocycles. The molecule has 0 aliphatic carbocycles. The van der Waals surface area contributed by atoms with Crippen LogP contribution in [0.25, 0.3) is 0 Å². The van der Waals surface area contributed by atoms with Crippen LogP contribution < -0.4 is 0 Å². The normalized spacial score (nSPS) is 12.5. The Morgan fingerprint density at radius 1 is 1.39 bits per heavy atom. The quantitative estimate of drug-likeness (QED) is 0.498. The molecule has 0 bridgehead atoms. The summed E-state index contributed by atoms with van der Waals surface area (Å²) in [5.41, 5.74) is -0.103. The van der Waals surface area contributed by atoms with Gasteiger partial charge in [0.2, 0.25) is 0 Å². The first-order valence-electron chi connectivity index (χ1n) is 4.65. The third kappa shape index (κ3) is 2.62. The first-order chi connectivity index (χ1) is 8.20. The fraction of sp³-hybridized carbons (Fsp3) is 0.200. The molecule has 0 saturated carbocycles. The molecule has 0 amide bonds. The molecule has 0 atom stereocenters. The van der Waals surface area contributed by atoms with Crippen LogP contribution >= 0.6 is 11.6 Å². The molecule has 6 nitrogen and oxygen atoms in total. The Kier molecular flexibility index (Phi) is 3.98. The van der Waals surface area contributed by atoms with Crippen molar-refractivity contribution in [1.29, 1.82) is 0 Å². The van der Waals surface area contributed by atoms with Gasteiger partial charge in [0.25, 0.3) is 0 Å². The Hall–Kier alpha value is -1.60. The number of carboxylic acids is 1. The van der Waals surface area contributed by atoms with Gasteiger partial charge in [0.15, 0.2) is 15.0 Å². The molecule has 98 valence electrons. The summed E-state index contributed by atoms with van der Waals surface area (Å²) in [5, 5.41) is 19.8. The van der Waals surface area contributed by atoms with Crippen LogP contribution in [-0.4, -0.2) is 36.1 Å². The van der Waals surface area contributed by atoms with E-state index in [0.29, 0.717) is 0 Å². The number of hydrogen-bond donors (Lipinski definition) is 2. The van der Waals surface area contributed by atoms with Crippen molar-refractivity contribution in [3.63, 3.8) is 0 Å². The Labute approximate surface area is 108 Å². The van der Waals surface area contributed by atoms with Gasteiger partial charge < -0.3 is 10.3 Å². The highest BCUT2D eigenvalue weighted by atomic mass is 35.5. The van der Waals surface area contributed by atoms with Gasteiger partial charge in [-0.25, -0.2) is 13.2 Å². The standard InChI is InChI=1S/C10H10ClNO5S/c1-5-6(10(13)14)3-4-7(18(2,16)17)8(5)9(11)12-15/h3-4,15H,1-2H3,(H,13,14). The minimum absolute atomic E-state index is 0.110. The average molecular weight is 292 g/mol. The van der Waals surface area contributed by atoms with Crippen molar-refractivity contribution >= 4 is 32.6 Å². The van der Waals surface area contributed by atoms with Crippen LogP contribution in [0.2, 0.25) is 0 Å². The SMILES string of the molecule is Cc1c(C(=O)O)ccc(S(C)(=O)=O)c1C(Cl)=NO. The number of nitrogens with zero attached hydrogens (tertiary/aromatic N) is 1. The highest BCUT2D eigenvalue weighted by molar-refractivity contribution is 7.90. The molecule has 0 saturated heterocycles. The molecule has 0 unspecified atom stereocenters. The van der Waals surface area contributed by atoms with Crippen molar-refractivity contribution in [2.75, 3.05) is 6.26 Å². The lowest BCUT2D eigenvalue weighted by molar-refractivity contribution is 0.0696. The molecule has 1 rings (SSSR count). The zero-order chi connectivity index (χ0) is 14.1. The maximum absolute atomic E-state index is 11.6. The van der Waals surface area contributed by atoms with Crippen molar-refractivity contribution in [3.05, 3.63) is 28.8 Å². The number of hydrogen-bond acceptors (Lipinski definition) is 5. The molecule has 1 aromatic rings. The van der Waals surface area contributed by atoms with Gasteiger partial charge in [-0.2, -0.15) is 0 Å². The molecule has 0 heterocycles. The van der Waals surface area contributed by atoms with Crippen molar-refractivity contribution in [3.8, 4) is 0 Å². The molecule has 0 radical (unpaired) electrons. The number of carboxylic acid groups (broad SMARTS) is 1. The largest absolute Gasteiger partial charge is 0.478 e. The van der Waals surface area contributed by atoms with E-state index in [1.165, 1.54) is 13.0 Å². The van der Waals surface area contributed by atoms with Gasteiger partial charge in [-0.3, -0.25) is 0 Å². The van der Waals surface area contributed by atoms with E-state index < -0.39 is 21.0 Å². The van der Waals surface area contributed by atoms with E-state index >= 15 is 0 Å². The summed E-state index contributed by atoms with van der Waals surface area (Å²) in [6.45, 7) is 1.39. The van der Waals surface area contributed by atoms with Gasteiger partial charge in [0.1, 0.15) is 0 Å². The maximum atomic E-state index is 11.6. The van der Waals surface area contributed by atoms with E-state index in [2.05, 4.69) is 5.16 Å². The third-order valence-corrected chi connectivity index (χ3v) is 3.75. The van der Waals surface area contributed by atoms with Crippen LogP contribution in [0.1, 0.15) is 21.5 Å². The van der Waals surface area contributed by atoms with E-state index in [-0.39, 0.29) is 21.6 Å². The Morgan fingerprint density at radius 3 is 2.33 bits per heavy atom. The summed E-state index contributed by atoms with van der Waals surface area (Å²) in [6.07, 6.45) is 0.952. The lowest BCUT2D eigenvalue weighted by atomic mass is 10.0. The molecule has 0 fully saturated rings. The van der Waals surface area contributed by atoms with E-state index in [9.17, 15) is 13.2 Å². The van der Waals surface area contributed by atoms with E-state index in [4.69, 9.17) is 21.9 Å². The molecule has 0 aromatic heterocycles. The molecule has 0 aliphatic rings. The van der Waals surface area contributed by atoms with Crippen LogP contribution in [0.5, 0.6) is 0 Å². The summed E-state index contributed by atoms with van der Waals surface area (Å²) in [4.78, 5) is 10.8. The number of rotatable bonds is 3. The molecular formula is C10H10ClNO5S. The van der Waals surface area contributed by atoms with Crippen LogP contribution in [0, 0.1) is 6.92 Å². The Bertz CT molecular complexity index is 636. The molecular weight excluding hydrogens is 282 g/mol. The Morgan fingerprint density at radius 2 is 1.94 bits per heavy atom. The summed E-state index contributed by atoms with van der Waals surface area (Å²) in [6, 6.07) is 2.29. The highest BCUT2D eigenvalue weighted by Crippen LogP contribution is 2.25. The second-order valence-electron chi connectivity index (χ2n) is 3.58. The van der Waals surface area contributed by atoms with Gasteiger partial charge in [-0.15, -0.1) is 0 Å². The van der Waals surface area contributed by atoms with E-state index in [1.807, 2.05) is 0 Å². The minimum atomic E-state index is -3.62. The first-order valence-corrected chi connectivity index (χ1v) is 6.92. The van der Waals surface area contributed by atoms with Crippen molar-refractivity contribution < 1.29 is 23.5 Å². The van der Waals surface area contributed by atoms with Crippen LogP contribution in [0.3, 0.4) is 0 Å². The summed E-state index contributed by atoms with van der Waals surface area (Å²) in [7, 11) is -3.62. The van der Waals surface area contributed by atoms with Crippen LogP contribution in [-0.2, 0) is 9.84 Å². The van der Waals surface area contributed by atoms with Crippen molar-refractivity contribution in [2.24, 2.45) is 5.16 Å². The topological polar surface area (TPSA) is 104 Å². The van der Waals surface area contributed by atoms with Gasteiger partial charge in [0, 0.05) is 11.8 Å². The Balaban J connectivity index is 3.79. The minimum Gasteiger partial charge on any atom is -0.478 e. The molecule has 0 aliphatic heterocycles. The first kappa shape index (κ1) is 14.5. The molecule has 18 heavy (non-hydrogen) atoms. The van der Waals surface area contributed by atoms with Crippen LogP contribution in [0.4, 0.5) is 0 Å². The lowest BCUT2D eigenvalue weighted by Crippen LogP contribution is -2.11.